The van der Waals surface area contributed by atoms with Crippen molar-refractivity contribution in [1.29, 1.82) is 0 Å². The Labute approximate surface area is 140 Å². The zero-order chi connectivity index (χ0) is 16.2. The summed E-state index contributed by atoms with van der Waals surface area (Å²) in [7, 11) is 0. The molecule has 2 aromatic rings. The van der Waals surface area contributed by atoms with Crippen molar-refractivity contribution in [2.75, 3.05) is 18.2 Å². The van der Waals surface area contributed by atoms with E-state index < -0.39 is 0 Å². The van der Waals surface area contributed by atoms with Crippen LogP contribution in [0.15, 0.2) is 53.6 Å². The molecule has 0 bridgehead atoms. The number of halogens is 1. The molecule has 0 saturated carbocycles. The van der Waals surface area contributed by atoms with Gasteiger partial charge < -0.3 is 4.74 Å². The molecule has 0 aliphatic carbocycles. The molecule has 0 aromatic heterocycles. The zero-order valence-electron chi connectivity index (χ0n) is 12.8. The van der Waals surface area contributed by atoms with Crippen LogP contribution in [0.5, 0.6) is 0 Å². The first-order valence-electron chi connectivity index (χ1n) is 7.56. The van der Waals surface area contributed by atoms with Crippen LogP contribution < -0.4 is 5.01 Å². The van der Waals surface area contributed by atoms with Crippen molar-refractivity contribution >= 4 is 29.0 Å². The lowest BCUT2D eigenvalue weighted by molar-refractivity contribution is 0.0526. The van der Waals surface area contributed by atoms with Crippen LogP contribution in [0.4, 0.5) is 5.69 Å². The van der Waals surface area contributed by atoms with Gasteiger partial charge in [-0.2, -0.15) is 5.10 Å². The minimum atomic E-state index is -0.305. The predicted octanol–water partition coefficient (Wildman–Crippen LogP) is 4.13. The van der Waals surface area contributed by atoms with Gasteiger partial charge in [-0.3, -0.25) is 5.01 Å². The monoisotopic (exact) mass is 328 g/mol. The van der Waals surface area contributed by atoms with Gasteiger partial charge in [0.2, 0.25) is 0 Å². The molecule has 5 heteroatoms. The molecule has 118 valence electrons. The number of esters is 1. The second kappa shape index (κ2) is 6.84. The summed E-state index contributed by atoms with van der Waals surface area (Å²) in [5.74, 6) is -0.305. The fourth-order valence-electron chi connectivity index (χ4n) is 2.51. The third-order valence-electron chi connectivity index (χ3n) is 3.66. The van der Waals surface area contributed by atoms with E-state index in [1.54, 1.807) is 19.1 Å². The number of carbonyl (C=O) groups excluding carboxylic acids is 1. The highest BCUT2D eigenvalue weighted by Crippen LogP contribution is 2.25. The summed E-state index contributed by atoms with van der Waals surface area (Å²) in [6, 6.07) is 15.0. The van der Waals surface area contributed by atoms with Crippen LogP contribution in [0.2, 0.25) is 5.02 Å². The fraction of sp³-hybridized carbons (Fsp3) is 0.222. The number of hydrogen-bond acceptors (Lipinski definition) is 4. The van der Waals surface area contributed by atoms with Crippen LogP contribution in [-0.4, -0.2) is 24.8 Å². The number of nitrogens with zero attached hydrogens (tertiary/aromatic N) is 2. The van der Waals surface area contributed by atoms with E-state index >= 15 is 0 Å². The van der Waals surface area contributed by atoms with Crippen molar-refractivity contribution in [3.63, 3.8) is 0 Å². The molecule has 1 aliphatic rings. The summed E-state index contributed by atoms with van der Waals surface area (Å²) in [6.07, 6.45) is 0.837. The first-order valence-corrected chi connectivity index (χ1v) is 7.94. The Kier molecular flexibility index (Phi) is 4.63. The minimum absolute atomic E-state index is 0.305. The van der Waals surface area contributed by atoms with Crippen molar-refractivity contribution in [1.82, 2.24) is 0 Å². The van der Waals surface area contributed by atoms with Crippen LogP contribution in [0.3, 0.4) is 0 Å². The molecule has 23 heavy (non-hydrogen) atoms. The van der Waals surface area contributed by atoms with E-state index in [0.717, 1.165) is 29.9 Å². The Morgan fingerprint density at radius 1 is 1.22 bits per heavy atom. The molecule has 0 amide bonds. The first kappa shape index (κ1) is 15.6. The molecule has 0 unspecified atom stereocenters. The van der Waals surface area contributed by atoms with Gasteiger partial charge >= 0.3 is 5.97 Å². The third-order valence-corrected chi connectivity index (χ3v) is 3.99. The lowest BCUT2D eigenvalue weighted by Gasteiger charge is -2.13. The SMILES string of the molecule is CCOC(=O)c1ccc(N2CCC(c3ccccc3Cl)=N2)cc1. The van der Waals surface area contributed by atoms with E-state index in [-0.39, 0.29) is 5.97 Å². The summed E-state index contributed by atoms with van der Waals surface area (Å²) < 4.78 is 4.99. The molecule has 1 heterocycles. The molecule has 0 saturated heterocycles. The highest BCUT2D eigenvalue weighted by molar-refractivity contribution is 6.34. The lowest BCUT2D eigenvalue weighted by atomic mass is 10.1. The maximum Gasteiger partial charge on any atom is 0.338 e. The van der Waals surface area contributed by atoms with Gasteiger partial charge in [0.25, 0.3) is 0 Å². The van der Waals surface area contributed by atoms with Crippen LogP contribution >= 0.6 is 11.6 Å². The molecule has 1 aliphatic heterocycles. The van der Waals surface area contributed by atoms with Gasteiger partial charge in [-0.15, -0.1) is 0 Å². The Bertz CT molecular complexity index is 741. The van der Waals surface area contributed by atoms with Crippen LogP contribution in [-0.2, 0) is 4.74 Å². The molecular weight excluding hydrogens is 312 g/mol. The average Bonchev–Trinajstić information content (AvgIpc) is 3.05. The number of benzene rings is 2. The fourth-order valence-corrected chi connectivity index (χ4v) is 2.76. The summed E-state index contributed by atoms with van der Waals surface area (Å²) >= 11 is 6.23. The molecule has 0 spiro atoms. The van der Waals surface area contributed by atoms with Crippen molar-refractivity contribution in [2.24, 2.45) is 5.10 Å². The minimum Gasteiger partial charge on any atom is -0.462 e. The zero-order valence-corrected chi connectivity index (χ0v) is 13.6. The smallest absolute Gasteiger partial charge is 0.338 e. The molecule has 3 rings (SSSR count). The molecular formula is C18H17ClN2O2. The van der Waals surface area contributed by atoms with Gasteiger partial charge in [0.1, 0.15) is 0 Å². The highest BCUT2D eigenvalue weighted by Gasteiger charge is 2.19. The van der Waals surface area contributed by atoms with Gasteiger partial charge in [0, 0.05) is 23.6 Å². The first-order chi connectivity index (χ1) is 11.2. The van der Waals surface area contributed by atoms with E-state index in [0.29, 0.717) is 17.2 Å². The van der Waals surface area contributed by atoms with E-state index in [1.165, 1.54) is 0 Å². The van der Waals surface area contributed by atoms with E-state index in [1.807, 2.05) is 41.4 Å². The van der Waals surface area contributed by atoms with Gasteiger partial charge in [-0.05, 0) is 37.3 Å². The molecule has 0 N–H and O–H groups in total. The van der Waals surface area contributed by atoms with Gasteiger partial charge in [0.15, 0.2) is 0 Å². The Morgan fingerprint density at radius 3 is 2.65 bits per heavy atom. The van der Waals surface area contributed by atoms with Crippen LogP contribution in [0.25, 0.3) is 0 Å². The number of anilines is 1. The number of hydrazone groups is 1. The summed E-state index contributed by atoms with van der Waals surface area (Å²) in [5, 5.41) is 7.29. The normalized spacial score (nSPS) is 13.8. The number of hydrogen-bond donors (Lipinski definition) is 0. The largest absolute Gasteiger partial charge is 0.462 e. The van der Waals surface area contributed by atoms with E-state index in [2.05, 4.69) is 5.10 Å². The quantitative estimate of drug-likeness (QED) is 0.792. The topological polar surface area (TPSA) is 41.9 Å². The summed E-state index contributed by atoms with van der Waals surface area (Å²) in [6.45, 7) is 2.96. The second-order valence-electron chi connectivity index (χ2n) is 5.17. The molecule has 0 radical (unpaired) electrons. The standard InChI is InChI=1S/C18H17ClN2O2/c1-2-23-18(22)13-7-9-14(10-8-13)21-12-11-17(20-21)15-5-3-4-6-16(15)19/h3-10H,2,11-12H2,1H3. The maximum atomic E-state index is 11.7. The third kappa shape index (κ3) is 3.37. The number of ether oxygens (including phenoxy) is 1. The van der Waals surface area contributed by atoms with Gasteiger partial charge in [0.05, 0.1) is 23.6 Å². The van der Waals surface area contributed by atoms with E-state index in [9.17, 15) is 4.79 Å². The summed E-state index contributed by atoms with van der Waals surface area (Å²) in [5.41, 5.74) is 3.44. The molecule has 2 aromatic carbocycles. The summed E-state index contributed by atoms with van der Waals surface area (Å²) in [4.78, 5) is 11.7. The van der Waals surface area contributed by atoms with Crippen molar-refractivity contribution in [3.8, 4) is 0 Å². The molecule has 0 fully saturated rings. The van der Waals surface area contributed by atoms with Crippen LogP contribution in [0.1, 0.15) is 29.3 Å². The lowest BCUT2D eigenvalue weighted by Crippen LogP contribution is -2.12. The average molecular weight is 329 g/mol. The predicted molar refractivity (Wildman–Crippen MR) is 92.4 cm³/mol. The Balaban J connectivity index is 1.78. The van der Waals surface area contributed by atoms with Gasteiger partial charge in [-0.25, -0.2) is 4.79 Å². The van der Waals surface area contributed by atoms with Crippen molar-refractivity contribution < 1.29 is 9.53 Å². The number of carbonyl (C=O) groups is 1. The highest BCUT2D eigenvalue weighted by atomic mass is 35.5. The molecule has 4 nitrogen and oxygen atoms in total. The number of rotatable bonds is 4. The Hall–Kier alpha value is -2.33. The maximum absolute atomic E-state index is 11.7. The van der Waals surface area contributed by atoms with Gasteiger partial charge in [-0.1, -0.05) is 29.8 Å². The van der Waals surface area contributed by atoms with Crippen molar-refractivity contribution in [3.05, 3.63) is 64.7 Å². The molecule has 0 atom stereocenters. The Morgan fingerprint density at radius 2 is 1.96 bits per heavy atom. The van der Waals surface area contributed by atoms with E-state index in [4.69, 9.17) is 16.3 Å². The van der Waals surface area contributed by atoms with Crippen LogP contribution in [0, 0.1) is 0 Å². The second-order valence-corrected chi connectivity index (χ2v) is 5.57. The van der Waals surface area contributed by atoms with Crippen molar-refractivity contribution in [2.45, 2.75) is 13.3 Å².